The van der Waals surface area contributed by atoms with Gasteiger partial charge >= 0.3 is 0 Å². The third-order valence-electron chi connectivity index (χ3n) is 5.03. The summed E-state index contributed by atoms with van der Waals surface area (Å²) < 4.78 is 11.7. The Labute approximate surface area is 132 Å². The Bertz CT molecular complexity index is 512. The van der Waals surface area contributed by atoms with Crippen LogP contribution in [-0.4, -0.2) is 13.2 Å². The highest BCUT2D eigenvalue weighted by atomic mass is 35.5. The molecule has 3 unspecified atom stereocenters. The van der Waals surface area contributed by atoms with E-state index in [2.05, 4.69) is 32.9 Å². The molecule has 1 fully saturated rings. The van der Waals surface area contributed by atoms with Crippen LogP contribution in [0.25, 0.3) is 0 Å². The van der Waals surface area contributed by atoms with Crippen molar-refractivity contribution < 1.29 is 9.47 Å². The zero-order valence-electron chi connectivity index (χ0n) is 13.2. The molecule has 0 N–H and O–H groups in total. The van der Waals surface area contributed by atoms with E-state index in [1.807, 2.05) is 6.07 Å². The molecular formula is C18H25ClO2. The second kappa shape index (κ2) is 5.72. The van der Waals surface area contributed by atoms with Gasteiger partial charge in [-0.05, 0) is 41.9 Å². The van der Waals surface area contributed by atoms with Gasteiger partial charge in [-0.2, -0.15) is 0 Å². The maximum atomic E-state index is 6.81. The van der Waals surface area contributed by atoms with Crippen LogP contribution in [0.5, 0.6) is 11.5 Å². The molecule has 0 amide bonds. The molecule has 0 spiro atoms. The number of hydrogen-bond acceptors (Lipinski definition) is 2. The summed E-state index contributed by atoms with van der Waals surface area (Å²) in [4.78, 5) is 0. The smallest absolute Gasteiger partial charge is 0.161 e. The number of hydrogen-bond donors (Lipinski definition) is 0. The number of halogens is 1. The van der Waals surface area contributed by atoms with Crippen molar-refractivity contribution in [3.63, 3.8) is 0 Å². The molecule has 0 bridgehead atoms. The van der Waals surface area contributed by atoms with E-state index in [0.29, 0.717) is 30.5 Å². The molecule has 1 saturated carbocycles. The fourth-order valence-electron chi connectivity index (χ4n) is 3.57. The molecule has 1 aromatic rings. The zero-order valence-corrected chi connectivity index (χ0v) is 14.0. The molecule has 21 heavy (non-hydrogen) atoms. The van der Waals surface area contributed by atoms with Gasteiger partial charge in [0.1, 0.15) is 0 Å². The van der Waals surface area contributed by atoms with Crippen molar-refractivity contribution >= 4 is 11.6 Å². The van der Waals surface area contributed by atoms with Crippen molar-refractivity contribution in [2.45, 2.75) is 45.4 Å². The van der Waals surface area contributed by atoms with E-state index in [-0.39, 0.29) is 5.38 Å². The van der Waals surface area contributed by atoms with Crippen molar-refractivity contribution in [1.82, 2.24) is 0 Å². The standard InChI is InChI=1S/C18H25ClO2/c1-12-10-20-15-7-6-13(9-16(15)21-11-12)17(19)14-5-4-8-18(14,2)3/h6-7,9,12,14,17H,4-5,8,10-11H2,1-3H3. The molecule has 3 atom stereocenters. The second-order valence-electron chi connectivity index (χ2n) is 7.32. The lowest BCUT2D eigenvalue weighted by Crippen LogP contribution is -2.21. The fourth-order valence-corrected chi connectivity index (χ4v) is 4.17. The molecule has 0 radical (unpaired) electrons. The lowest BCUT2D eigenvalue weighted by molar-refractivity contribution is 0.228. The van der Waals surface area contributed by atoms with Gasteiger partial charge in [0.2, 0.25) is 0 Å². The summed E-state index contributed by atoms with van der Waals surface area (Å²) in [7, 11) is 0. The molecule has 1 aliphatic carbocycles. The summed E-state index contributed by atoms with van der Waals surface area (Å²) in [6.45, 7) is 8.23. The second-order valence-corrected chi connectivity index (χ2v) is 7.79. The Morgan fingerprint density at radius 3 is 2.57 bits per heavy atom. The van der Waals surface area contributed by atoms with Gasteiger partial charge in [0.15, 0.2) is 11.5 Å². The molecular weight excluding hydrogens is 284 g/mol. The van der Waals surface area contributed by atoms with E-state index in [1.165, 1.54) is 19.3 Å². The average molecular weight is 309 g/mol. The quantitative estimate of drug-likeness (QED) is 0.699. The molecule has 0 saturated heterocycles. The predicted octanol–water partition coefficient (Wildman–Crippen LogP) is 5.20. The van der Waals surface area contributed by atoms with Crippen LogP contribution in [0.4, 0.5) is 0 Å². The minimum atomic E-state index is 0.0528. The van der Waals surface area contributed by atoms with Crippen molar-refractivity contribution in [3.8, 4) is 11.5 Å². The highest BCUT2D eigenvalue weighted by Crippen LogP contribution is 2.51. The summed E-state index contributed by atoms with van der Waals surface area (Å²) in [5.74, 6) is 2.64. The van der Waals surface area contributed by atoms with Crippen molar-refractivity contribution in [1.29, 1.82) is 0 Å². The number of fused-ring (bicyclic) bond motifs is 1. The van der Waals surface area contributed by atoms with Gasteiger partial charge in [-0.25, -0.2) is 0 Å². The molecule has 0 aromatic heterocycles. The Hall–Kier alpha value is -0.890. The monoisotopic (exact) mass is 308 g/mol. The molecule has 3 rings (SSSR count). The van der Waals surface area contributed by atoms with Crippen LogP contribution in [0.3, 0.4) is 0 Å². The van der Waals surface area contributed by atoms with Crippen LogP contribution in [0.2, 0.25) is 0 Å². The van der Waals surface area contributed by atoms with E-state index in [1.54, 1.807) is 0 Å². The summed E-state index contributed by atoms with van der Waals surface area (Å²) in [6.07, 6.45) is 3.76. The van der Waals surface area contributed by atoms with Gasteiger partial charge < -0.3 is 9.47 Å². The highest BCUT2D eigenvalue weighted by Gasteiger charge is 2.39. The molecule has 116 valence electrons. The topological polar surface area (TPSA) is 18.5 Å². The minimum Gasteiger partial charge on any atom is -0.489 e. The summed E-state index contributed by atoms with van der Waals surface area (Å²) in [6, 6.07) is 6.20. The van der Waals surface area contributed by atoms with Crippen LogP contribution < -0.4 is 9.47 Å². The van der Waals surface area contributed by atoms with E-state index >= 15 is 0 Å². The van der Waals surface area contributed by atoms with Gasteiger partial charge in [0.25, 0.3) is 0 Å². The van der Waals surface area contributed by atoms with Crippen LogP contribution in [-0.2, 0) is 0 Å². The van der Waals surface area contributed by atoms with E-state index < -0.39 is 0 Å². The molecule has 2 aliphatic rings. The Morgan fingerprint density at radius 2 is 1.90 bits per heavy atom. The zero-order chi connectivity index (χ0) is 15.0. The Balaban J connectivity index is 1.83. The first kappa shape index (κ1) is 15.0. The average Bonchev–Trinajstić information content (AvgIpc) is 2.70. The largest absolute Gasteiger partial charge is 0.489 e. The lowest BCUT2D eigenvalue weighted by Gasteiger charge is -2.31. The molecule has 1 aliphatic heterocycles. The van der Waals surface area contributed by atoms with Crippen LogP contribution in [0, 0.1) is 17.3 Å². The first-order valence-corrected chi connectivity index (χ1v) is 8.44. The normalized spacial score (nSPS) is 29.0. The summed E-state index contributed by atoms with van der Waals surface area (Å²) in [5.41, 5.74) is 1.49. The van der Waals surface area contributed by atoms with E-state index in [4.69, 9.17) is 21.1 Å². The van der Waals surface area contributed by atoms with Gasteiger partial charge in [-0.1, -0.05) is 33.3 Å². The predicted molar refractivity (Wildman–Crippen MR) is 86.3 cm³/mol. The summed E-state index contributed by atoms with van der Waals surface area (Å²) >= 11 is 6.81. The molecule has 3 heteroatoms. The van der Waals surface area contributed by atoms with Gasteiger partial charge in [-0.3, -0.25) is 0 Å². The molecule has 2 nitrogen and oxygen atoms in total. The van der Waals surface area contributed by atoms with Gasteiger partial charge in [0.05, 0.1) is 18.6 Å². The number of alkyl halides is 1. The maximum Gasteiger partial charge on any atom is 0.161 e. The first-order valence-electron chi connectivity index (χ1n) is 8.01. The van der Waals surface area contributed by atoms with Crippen molar-refractivity contribution in [2.75, 3.05) is 13.2 Å². The van der Waals surface area contributed by atoms with Gasteiger partial charge in [0, 0.05) is 5.92 Å². The van der Waals surface area contributed by atoms with Crippen LogP contribution >= 0.6 is 11.6 Å². The maximum absolute atomic E-state index is 6.81. The van der Waals surface area contributed by atoms with Gasteiger partial charge in [-0.15, -0.1) is 11.6 Å². The first-order chi connectivity index (χ1) is 9.97. The lowest BCUT2D eigenvalue weighted by atomic mass is 9.78. The van der Waals surface area contributed by atoms with Crippen molar-refractivity contribution in [2.24, 2.45) is 17.3 Å². The summed E-state index contributed by atoms with van der Waals surface area (Å²) in [5, 5.41) is 0.0528. The number of rotatable bonds is 2. The minimum absolute atomic E-state index is 0.0528. The number of benzene rings is 1. The van der Waals surface area contributed by atoms with Crippen LogP contribution in [0.1, 0.15) is 51.0 Å². The Kier molecular flexibility index (Phi) is 4.09. The molecule has 1 aromatic carbocycles. The number of ether oxygens (including phenoxy) is 2. The van der Waals surface area contributed by atoms with Crippen molar-refractivity contribution in [3.05, 3.63) is 23.8 Å². The molecule has 1 heterocycles. The fraction of sp³-hybridized carbons (Fsp3) is 0.667. The highest BCUT2D eigenvalue weighted by molar-refractivity contribution is 6.21. The SMILES string of the molecule is CC1COc2ccc(C(Cl)C3CCCC3(C)C)cc2OC1. The van der Waals surface area contributed by atoms with E-state index in [9.17, 15) is 0 Å². The third-order valence-corrected chi connectivity index (χ3v) is 5.58. The van der Waals surface area contributed by atoms with E-state index in [0.717, 1.165) is 17.1 Å². The third kappa shape index (κ3) is 3.01. The van der Waals surface area contributed by atoms with Crippen LogP contribution in [0.15, 0.2) is 18.2 Å². The Morgan fingerprint density at radius 1 is 1.19 bits per heavy atom.